The molecule has 0 saturated carbocycles. The number of aromatic nitrogens is 4. The molecule has 3 heterocycles. The summed E-state index contributed by atoms with van der Waals surface area (Å²) in [4.78, 5) is 25.5. The maximum atomic E-state index is 11.8. The lowest BCUT2D eigenvalue weighted by Gasteiger charge is -2.09. The van der Waals surface area contributed by atoms with Gasteiger partial charge in [0.2, 0.25) is 0 Å². The molecule has 0 aliphatic carbocycles. The minimum absolute atomic E-state index is 0.184. The van der Waals surface area contributed by atoms with Gasteiger partial charge in [0, 0.05) is 42.8 Å². The Balaban J connectivity index is 1.48. The monoisotopic (exact) mass is 328 g/mol. The Bertz CT molecular complexity index is 740. The van der Waals surface area contributed by atoms with Crippen molar-refractivity contribution in [1.29, 1.82) is 0 Å². The quantitative estimate of drug-likeness (QED) is 0.724. The van der Waals surface area contributed by atoms with Gasteiger partial charge in [-0.3, -0.25) is 0 Å². The van der Waals surface area contributed by atoms with E-state index in [1.165, 1.54) is 0 Å². The molecular weight excluding hydrogens is 312 g/mol. The molecule has 2 N–H and O–H groups in total. The smallest absolute Gasteiger partial charge is 0.315 e. The minimum atomic E-state index is -0.184. The van der Waals surface area contributed by atoms with Crippen molar-refractivity contribution in [2.24, 2.45) is 0 Å². The fraction of sp³-hybridized carbons (Fsp3) is 0.200. The third-order valence-electron chi connectivity index (χ3n) is 3.12. The Kier molecular flexibility index (Phi) is 4.95. The molecule has 2 amide bonds. The molecular formula is C15H16N6OS. The van der Waals surface area contributed by atoms with Crippen LogP contribution < -0.4 is 10.6 Å². The highest BCUT2D eigenvalue weighted by Crippen LogP contribution is 2.10. The number of hydrogen-bond donors (Lipinski definition) is 2. The number of urea groups is 1. The van der Waals surface area contributed by atoms with Crippen LogP contribution in [0.4, 0.5) is 4.79 Å². The number of hydrogen-bond acceptors (Lipinski definition) is 5. The molecule has 0 aliphatic heterocycles. The maximum Gasteiger partial charge on any atom is 0.315 e. The number of nitrogens with one attached hydrogen (secondary N) is 2. The third-order valence-corrected chi connectivity index (χ3v) is 4.00. The van der Waals surface area contributed by atoms with Crippen molar-refractivity contribution in [3.63, 3.8) is 0 Å². The van der Waals surface area contributed by atoms with Gasteiger partial charge in [-0.15, -0.1) is 11.3 Å². The van der Waals surface area contributed by atoms with Crippen LogP contribution in [-0.2, 0) is 13.1 Å². The van der Waals surface area contributed by atoms with Gasteiger partial charge >= 0.3 is 6.03 Å². The molecule has 8 heteroatoms. The third kappa shape index (κ3) is 4.13. The Hall–Kier alpha value is -2.74. The molecule has 0 atom stereocenters. The Labute approximate surface area is 137 Å². The van der Waals surface area contributed by atoms with E-state index in [0.717, 1.165) is 4.88 Å². The molecule has 7 nitrogen and oxygen atoms in total. The van der Waals surface area contributed by atoms with Crippen LogP contribution in [0.2, 0.25) is 0 Å². The predicted molar refractivity (Wildman–Crippen MR) is 87.8 cm³/mol. The first-order valence-electron chi connectivity index (χ1n) is 7.15. The summed E-state index contributed by atoms with van der Waals surface area (Å²) in [5.41, 5.74) is 0. The molecule has 23 heavy (non-hydrogen) atoms. The average molecular weight is 328 g/mol. The van der Waals surface area contributed by atoms with Gasteiger partial charge in [0.25, 0.3) is 0 Å². The van der Waals surface area contributed by atoms with Crippen LogP contribution in [0.25, 0.3) is 11.6 Å². The molecule has 0 fully saturated rings. The summed E-state index contributed by atoms with van der Waals surface area (Å²) in [7, 11) is 0. The first-order valence-corrected chi connectivity index (χ1v) is 8.03. The molecule has 3 rings (SSSR count). The zero-order chi connectivity index (χ0) is 15.9. The van der Waals surface area contributed by atoms with E-state index in [-0.39, 0.29) is 6.03 Å². The van der Waals surface area contributed by atoms with Gasteiger partial charge in [-0.1, -0.05) is 6.07 Å². The van der Waals surface area contributed by atoms with Crippen molar-refractivity contribution < 1.29 is 4.79 Å². The average Bonchev–Trinajstić information content (AvgIpc) is 3.25. The summed E-state index contributed by atoms with van der Waals surface area (Å²) in [6.45, 7) is 1.63. The van der Waals surface area contributed by atoms with Crippen molar-refractivity contribution in [2.75, 3.05) is 6.54 Å². The van der Waals surface area contributed by atoms with Crippen LogP contribution in [0.1, 0.15) is 4.88 Å². The van der Waals surface area contributed by atoms with Crippen LogP contribution >= 0.6 is 11.3 Å². The topological polar surface area (TPSA) is 84.7 Å². The van der Waals surface area contributed by atoms with Crippen molar-refractivity contribution >= 4 is 17.4 Å². The normalized spacial score (nSPS) is 10.4. The summed E-state index contributed by atoms with van der Waals surface area (Å²) in [6, 6.07) is 5.53. The lowest BCUT2D eigenvalue weighted by atomic mass is 10.4. The minimum Gasteiger partial charge on any atom is -0.336 e. The first kappa shape index (κ1) is 15.2. The zero-order valence-corrected chi connectivity index (χ0v) is 13.2. The molecule has 0 saturated heterocycles. The highest BCUT2D eigenvalue weighted by molar-refractivity contribution is 7.09. The first-order chi connectivity index (χ1) is 11.3. The Morgan fingerprint density at radius 1 is 1.13 bits per heavy atom. The molecule has 0 aromatic carbocycles. The van der Waals surface area contributed by atoms with Crippen LogP contribution in [-0.4, -0.2) is 32.1 Å². The molecule has 0 radical (unpaired) electrons. The number of imidazole rings is 1. The van der Waals surface area contributed by atoms with E-state index < -0.39 is 0 Å². The summed E-state index contributed by atoms with van der Waals surface area (Å²) >= 11 is 1.62. The van der Waals surface area contributed by atoms with Crippen molar-refractivity contribution in [3.05, 3.63) is 53.2 Å². The largest absolute Gasteiger partial charge is 0.336 e. The number of carbonyl (C=O) groups is 1. The van der Waals surface area contributed by atoms with E-state index in [9.17, 15) is 4.79 Å². The van der Waals surface area contributed by atoms with Gasteiger partial charge in [0.05, 0.1) is 6.54 Å². The predicted octanol–water partition coefficient (Wildman–Crippen LogP) is 1.90. The fourth-order valence-electron chi connectivity index (χ4n) is 2.04. The van der Waals surface area contributed by atoms with Gasteiger partial charge in [0.1, 0.15) is 0 Å². The second-order valence-corrected chi connectivity index (χ2v) is 5.74. The second kappa shape index (κ2) is 7.50. The van der Waals surface area contributed by atoms with Crippen molar-refractivity contribution in [3.8, 4) is 11.6 Å². The summed E-state index contributed by atoms with van der Waals surface area (Å²) in [5, 5.41) is 7.64. The number of nitrogens with zero attached hydrogens (tertiary/aromatic N) is 4. The molecule has 118 valence electrons. The molecule has 0 bridgehead atoms. The molecule has 3 aromatic heterocycles. The lowest BCUT2D eigenvalue weighted by Crippen LogP contribution is -2.36. The standard InChI is InChI=1S/C15H16N6OS/c22-15(20-11-12-3-1-10-23-12)19-7-9-21-8-6-18-14(21)13-16-4-2-5-17-13/h1-6,8,10H,7,9,11H2,(H2,19,20,22). The van der Waals surface area contributed by atoms with Gasteiger partial charge in [0.15, 0.2) is 11.6 Å². The Morgan fingerprint density at radius 3 is 2.78 bits per heavy atom. The molecule has 0 unspecified atom stereocenters. The maximum absolute atomic E-state index is 11.8. The van der Waals surface area contributed by atoms with E-state index in [1.54, 1.807) is 36.0 Å². The lowest BCUT2D eigenvalue weighted by molar-refractivity contribution is 0.240. The molecule has 3 aromatic rings. The van der Waals surface area contributed by atoms with E-state index in [2.05, 4.69) is 25.6 Å². The number of amides is 2. The van der Waals surface area contributed by atoms with Crippen LogP contribution in [0, 0.1) is 0 Å². The highest BCUT2D eigenvalue weighted by Gasteiger charge is 2.08. The number of carbonyl (C=O) groups excluding carboxylic acids is 1. The second-order valence-electron chi connectivity index (χ2n) is 4.71. The van der Waals surface area contributed by atoms with E-state index in [1.807, 2.05) is 28.3 Å². The summed E-state index contributed by atoms with van der Waals surface area (Å²) in [5.74, 6) is 1.26. The fourth-order valence-corrected chi connectivity index (χ4v) is 2.69. The summed E-state index contributed by atoms with van der Waals surface area (Å²) < 4.78 is 1.91. The molecule has 0 aliphatic rings. The highest BCUT2D eigenvalue weighted by atomic mass is 32.1. The van der Waals surface area contributed by atoms with Gasteiger partial charge in [-0.2, -0.15) is 0 Å². The number of thiophene rings is 1. The zero-order valence-electron chi connectivity index (χ0n) is 12.3. The van der Waals surface area contributed by atoms with Crippen LogP contribution in [0.15, 0.2) is 48.4 Å². The van der Waals surface area contributed by atoms with Crippen LogP contribution in [0.3, 0.4) is 0 Å². The Morgan fingerprint density at radius 2 is 2.00 bits per heavy atom. The van der Waals surface area contributed by atoms with Crippen molar-refractivity contribution in [1.82, 2.24) is 30.2 Å². The van der Waals surface area contributed by atoms with Crippen LogP contribution in [0.5, 0.6) is 0 Å². The van der Waals surface area contributed by atoms with Gasteiger partial charge in [-0.25, -0.2) is 19.7 Å². The van der Waals surface area contributed by atoms with E-state index >= 15 is 0 Å². The van der Waals surface area contributed by atoms with Crippen molar-refractivity contribution in [2.45, 2.75) is 13.1 Å². The van der Waals surface area contributed by atoms with Gasteiger partial charge in [-0.05, 0) is 17.5 Å². The van der Waals surface area contributed by atoms with Gasteiger partial charge < -0.3 is 15.2 Å². The van der Waals surface area contributed by atoms with E-state index in [4.69, 9.17) is 0 Å². The molecule has 0 spiro atoms. The summed E-state index contributed by atoms with van der Waals surface area (Å²) in [6.07, 6.45) is 6.90. The number of rotatable bonds is 6. The van der Waals surface area contributed by atoms with E-state index in [0.29, 0.717) is 31.3 Å². The SMILES string of the molecule is O=C(NCCn1ccnc1-c1ncccn1)NCc1cccs1.